The maximum absolute atomic E-state index is 2.34. The van der Waals surface area contributed by atoms with Crippen LogP contribution in [0.3, 0.4) is 0 Å². The minimum atomic E-state index is 1.24. The molecular formula is C30H24. The molecule has 0 N–H and O–H groups in total. The van der Waals surface area contributed by atoms with Crippen molar-refractivity contribution in [2.45, 2.75) is 13.8 Å². The van der Waals surface area contributed by atoms with Crippen molar-refractivity contribution >= 4 is 10.8 Å². The average molecular weight is 385 g/mol. The standard InChI is InChI=1S/C30H24/c1-21-15-22(2)17-25(16-21)27-18-26(23-9-4-3-5-10-23)19-28(20-27)30-14-8-12-24-11-6-7-13-29(24)30/h3-20H,1-2H3. The first-order chi connectivity index (χ1) is 14.7. The van der Waals surface area contributed by atoms with Gasteiger partial charge in [0.1, 0.15) is 0 Å². The molecule has 0 unspecified atom stereocenters. The zero-order valence-corrected chi connectivity index (χ0v) is 17.4. The van der Waals surface area contributed by atoms with Gasteiger partial charge in [-0.05, 0) is 76.2 Å². The van der Waals surface area contributed by atoms with Crippen LogP contribution >= 0.6 is 0 Å². The van der Waals surface area contributed by atoms with E-state index in [0.717, 1.165) is 0 Å². The van der Waals surface area contributed by atoms with Gasteiger partial charge in [0.2, 0.25) is 0 Å². The third kappa shape index (κ3) is 3.53. The van der Waals surface area contributed by atoms with Gasteiger partial charge in [-0.3, -0.25) is 0 Å². The van der Waals surface area contributed by atoms with Gasteiger partial charge in [0, 0.05) is 0 Å². The van der Waals surface area contributed by atoms with Gasteiger partial charge < -0.3 is 0 Å². The summed E-state index contributed by atoms with van der Waals surface area (Å²) in [5.74, 6) is 0. The van der Waals surface area contributed by atoms with Gasteiger partial charge in [0.15, 0.2) is 0 Å². The monoisotopic (exact) mass is 384 g/mol. The first kappa shape index (κ1) is 18.4. The van der Waals surface area contributed by atoms with Crippen LogP contribution in [0.15, 0.2) is 109 Å². The minimum absolute atomic E-state index is 1.24. The summed E-state index contributed by atoms with van der Waals surface area (Å²) in [7, 11) is 0. The lowest BCUT2D eigenvalue weighted by Gasteiger charge is -2.14. The van der Waals surface area contributed by atoms with Crippen LogP contribution in [0.5, 0.6) is 0 Å². The van der Waals surface area contributed by atoms with Gasteiger partial charge in [-0.25, -0.2) is 0 Å². The molecule has 0 heterocycles. The van der Waals surface area contributed by atoms with E-state index < -0.39 is 0 Å². The average Bonchev–Trinajstić information content (AvgIpc) is 2.78. The fourth-order valence-electron chi connectivity index (χ4n) is 4.37. The summed E-state index contributed by atoms with van der Waals surface area (Å²) >= 11 is 0. The molecular weight excluding hydrogens is 360 g/mol. The second-order valence-electron chi connectivity index (χ2n) is 8.07. The second-order valence-corrected chi connectivity index (χ2v) is 8.07. The summed E-state index contributed by atoms with van der Waals surface area (Å²) in [6.07, 6.45) is 0. The van der Waals surface area contributed by atoms with E-state index in [2.05, 4.69) is 123 Å². The fraction of sp³-hybridized carbons (Fsp3) is 0.0667. The maximum atomic E-state index is 2.34. The van der Waals surface area contributed by atoms with Gasteiger partial charge in [-0.15, -0.1) is 0 Å². The maximum Gasteiger partial charge on any atom is -0.0105 e. The van der Waals surface area contributed by atoms with Crippen molar-refractivity contribution in [2.75, 3.05) is 0 Å². The third-order valence-electron chi connectivity index (χ3n) is 5.70. The molecule has 0 saturated carbocycles. The first-order valence-electron chi connectivity index (χ1n) is 10.4. The van der Waals surface area contributed by atoms with Gasteiger partial charge in [0.25, 0.3) is 0 Å². The van der Waals surface area contributed by atoms with Gasteiger partial charge >= 0.3 is 0 Å². The largest absolute Gasteiger partial charge is 0.0622 e. The molecule has 0 radical (unpaired) electrons. The normalized spacial score (nSPS) is 11.0. The predicted octanol–water partition coefficient (Wildman–Crippen LogP) is 8.46. The van der Waals surface area contributed by atoms with E-state index in [1.54, 1.807) is 0 Å². The number of hydrogen-bond acceptors (Lipinski definition) is 0. The van der Waals surface area contributed by atoms with Crippen molar-refractivity contribution in [3.05, 3.63) is 120 Å². The Morgan fingerprint density at radius 3 is 1.73 bits per heavy atom. The summed E-state index contributed by atoms with van der Waals surface area (Å²) in [5.41, 5.74) is 10.1. The molecule has 0 amide bonds. The molecule has 5 aromatic carbocycles. The van der Waals surface area contributed by atoms with E-state index in [-0.39, 0.29) is 0 Å². The predicted molar refractivity (Wildman–Crippen MR) is 130 cm³/mol. The van der Waals surface area contributed by atoms with Crippen LogP contribution in [-0.4, -0.2) is 0 Å². The van der Waals surface area contributed by atoms with Crippen LogP contribution < -0.4 is 0 Å². The number of benzene rings is 5. The number of hydrogen-bond donors (Lipinski definition) is 0. The molecule has 0 nitrogen and oxygen atoms in total. The Bertz CT molecular complexity index is 1320. The lowest BCUT2D eigenvalue weighted by atomic mass is 9.90. The van der Waals surface area contributed by atoms with Crippen molar-refractivity contribution in [1.29, 1.82) is 0 Å². The Balaban J connectivity index is 1.78. The molecule has 0 aliphatic carbocycles. The van der Waals surface area contributed by atoms with Gasteiger partial charge in [0.05, 0.1) is 0 Å². The Kier molecular flexibility index (Phi) is 4.69. The van der Waals surface area contributed by atoms with E-state index in [9.17, 15) is 0 Å². The zero-order valence-electron chi connectivity index (χ0n) is 17.4. The van der Waals surface area contributed by atoms with Crippen LogP contribution in [0.1, 0.15) is 11.1 Å². The lowest BCUT2D eigenvalue weighted by molar-refractivity contribution is 1.38. The summed E-state index contributed by atoms with van der Waals surface area (Å²) in [4.78, 5) is 0. The number of rotatable bonds is 3. The molecule has 0 spiro atoms. The molecule has 144 valence electrons. The van der Waals surface area contributed by atoms with Crippen molar-refractivity contribution in [3.63, 3.8) is 0 Å². The summed E-state index contributed by atoms with van der Waals surface area (Å²) in [6.45, 7) is 4.34. The topological polar surface area (TPSA) is 0 Å². The molecule has 0 aliphatic rings. The van der Waals surface area contributed by atoms with E-state index >= 15 is 0 Å². The molecule has 0 bridgehead atoms. The van der Waals surface area contributed by atoms with Crippen molar-refractivity contribution in [2.24, 2.45) is 0 Å². The van der Waals surface area contributed by atoms with Crippen LogP contribution in [0.2, 0.25) is 0 Å². The summed E-state index contributed by atoms with van der Waals surface area (Å²) in [6, 6.07) is 39.6. The fourth-order valence-corrected chi connectivity index (χ4v) is 4.37. The Hall–Kier alpha value is -3.64. The summed E-state index contributed by atoms with van der Waals surface area (Å²) < 4.78 is 0. The van der Waals surface area contributed by atoms with E-state index in [1.807, 2.05) is 0 Å². The molecule has 0 aliphatic heterocycles. The summed E-state index contributed by atoms with van der Waals surface area (Å²) in [5, 5.41) is 2.56. The molecule has 0 fully saturated rings. The van der Waals surface area contributed by atoms with Crippen LogP contribution in [-0.2, 0) is 0 Å². The second kappa shape index (κ2) is 7.65. The minimum Gasteiger partial charge on any atom is -0.0622 e. The Morgan fingerprint density at radius 1 is 0.400 bits per heavy atom. The van der Waals surface area contributed by atoms with Crippen molar-refractivity contribution in [1.82, 2.24) is 0 Å². The molecule has 0 heteroatoms. The molecule has 5 aromatic rings. The lowest BCUT2D eigenvalue weighted by Crippen LogP contribution is -1.88. The molecule has 0 aromatic heterocycles. The van der Waals surface area contributed by atoms with Crippen LogP contribution in [0, 0.1) is 13.8 Å². The van der Waals surface area contributed by atoms with E-state index in [1.165, 1.54) is 55.3 Å². The van der Waals surface area contributed by atoms with Gasteiger partial charge in [-0.1, -0.05) is 102 Å². The SMILES string of the molecule is Cc1cc(C)cc(-c2cc(-c3ccccc3)cc(-c3cccc4ccccc34)c2)c1. The van der Waals surface area contributed by atoms with Crippen molar-refractivity contribution < 1.29 is 0 Å². The highest BCUT2D eigenvalue weighted by molar-refractivity contribution is 5.98. The van der Waals surface area contributed by atoms with Crippen LogP contribution in [0.4, 0.5) is 0 Å². The first-order valence-corrected chi connectivity index (χ1v) is 10.4. The third-order valence-corrected chi connectivity index (χ3v) is 5.70. The molecule has 30 heavy (non-hydrogen) atoms. The Morgan fingerprint density at radius 2 is 0.967 bits per heavy atom. The zero-order chi connectivity index (χ0) is 20.5. The highest BCUT2D eigenvalue weighted by Gasteiger charge is 2.10. The molecule has 0 atom stereocenters. The highest BCUT2D eigenvalue weighted by atomic mass is 14.1. The van der Waals surface area contributed by atoms with Crippen LogP contribution in [0.25, 0.3) is 44.2 Å². The smallest absolute Gasteiger partial charge is 0.0105 e. The Labute approximate surface area is 178 Å². The molecule has 5 rings (SSSR count). The number of fused-ring (bicyclic) bond motifs is 1. The quantitative estimate of drug-likeness (QED) is 0.293. The van der Waals surface area contributed by atoms with Gasteiger partial charge in [-0.2, -0.15) is 0 Å². The van der Waals surface area contributed by atoms with E-state index in [0.29, 0.717) is 0 Å². The van der Waals surface area contributed by atoms with E-state index in [4.69, 9.17) is 0 Å². The number of aryl methyl sites for hydroxylation is 2. The molecule has 0 saturated heterocycles. The van der Waals surface area contributed by atoms with Crippen molar-refractivity contribution in [3.8, 4) is 33.4 Å². The highest BCUT2D eigenvalue weighted by Crippen LogP contribution is 2.36.